The van der Waals surface area contributed by atoms with Crippen molar-refractivity contribution in [1.82, 2.24) is 15.1 Å². The minimum Gasteiger partial charge on any atom is -0.351 e. The van der Waals surface area contributed by atoms with Gasteiger partial charge in [0.1, 0.15) is 16.9 Å². The summed E-state index contributed by atoms with van der Waals surface area (Å²) in [6.07, 6.45) is 7.98. The fraction of sp³-hybridized carbons (Fsp3) is 0.464. The SMILES string of the molecule is Cc1cc(C)cc(N2C(=O)c3cc(-c4cccs4)nn3C[C@@]2(C)C(=O)NC2CCCCCCC2)c1. The lowest BCUT2D eigenvalue weighted by molar-refractivity contribution is -0.127. The van der Waals surface area contributed by atoms with E-state index in [4.69, 9.17) is 5.10 Å². The van der Waals surface area contributed by atoms with E-state index in [9.17, 15) is 9.59 Å². The molecule has 2 aliphatic rings. The minimum atomic E-state index is -1.09. The lowest BCUT2D eigenvalue weighted by atomic mass is 9.91. The van der Waals surface area contributed by atoms with E-state index in [1.54, 1.807) is 20.9 Å². The van der Waals surface area contributed by atoms with Crippen molar-refractivity contribution < 1.29 is 9.59 Å². The number of aryl methyl sites for hydroxylation is 2. The number of hydrogen-bond donors (Lipinski definition) is 1. The molecule has 184 valence electrons. The molecule has 5 rings (SSSR count). The van der Waals surface area contributed by atoms with E-state index in [0.717, 1.165) is 53.1 Å². The number of fused-ring (bicyclic) bond motifs is 1. The van der Waals surface area contributed by atoms with Crippen LogP contribution in [0, 0.1) is 13.8 Å². The Labute approximate surface area is 211 Å². The first kappa shape index (κ1) is 23.8. The first-order valence-electron chi connectivity index (χ1n) is 12.7. The van der Waals surface area contributed by atoms with Gasteiger partial charge in [0.25, 0.3) is 5.91 Å². The van der Waals surface area contributed by atoms with Gasteiger partial charge in [-0.25, -0.2) is 0 Å². The van der Waals surface area contributed by atoms with Crippen LogP contribution in [0.1, 0.15) is 73.5 Å². The smallest absolute Gasteiger partial charge is 0.277 e. The first-order valence-corrected chi connectivity index (χ1v) is 13.6. The van der Waals surface area contributed by atoms with Crippen molar-refractivity contribution in [2.24, 2.45) is 0 Å². The monoisotopic (exact) mass is 490 g/mol. The summed E-state index contributed by atoms with van der Waals surface area (Å²) in [5.41, 5.74) is 3.08. The van der Waals surface area contributed by atoms with Crippen molar-refractivity contribution in [3.05, 3.63) is 58.6 Å². The second-order valence-electron chi connectivity index (χ2n) is 10.3. The highest BCUT2D eigenvalue weighted by molar-refractivity contribution is 7.13. The van der Waals surface area contributed by atoms with Gasteiger partial charge in [0.05, 0.1) is 11.4 Å². The molecule has 7 heteroatoms. The third-order valence-corrected chi connectivity index (χ3v) is 8.21. The zero-order valence-electron chi connectivity index (χ0n) is 20.8. The summed E-state index contributed by atoms with van der Waals surface area (Å²) in [6.45, 7) is 6.24. The number of aromatic nitrogens is 2. The predicted octanol–water partition coefficient (Wildman–Crippen LogP) is 5.88. The average molecular weight is 491 g/mol. The third kappa shape index (κ3) is 4.66. The number of rotatable bonds is 4. The molecule has 1 aromatic carbocycles. The number of nitrogens with zero attached hydrogens (tertiary/aromatic N) is 3. The summed E-state index contributed by atoms with van der Waals surface area (Å²) >= 11 is 1.59. The third-order valence-electron chi connectivity index (χ3n) is 7.32. The molecule has 1 N–H and O–H groups in total. The van der Waals surface area contributed by atoms with Gasteiger partial charge in [-0.15, -0.1) is 11.3 Å². The minimum absolute atomic E-state index is 0.102. The number of benzene rings is 1. The van der Waals surface area contributed by atoms with Gasteiger partial charge in [0.15, 0.2) is 0 Å². The molecule has 2 aromatic heterocycles. The largest absolute Gasteiger partial charge is 0.351 e. The Kier molecular flexibility index (Phi) is 6.53. The van der Waals surface area contributed by atoms with Crippen molar-refractivity contribution in [1.29, 1.82) is 0 Å². The van der Waals surface area contributed by atoms with E-state index in [1.807, 2.05) is 56.5 Å². The molecule has 0 bridgehead atoms. The Morgan fingerprint density at radius 3 is 2.40 bits per heavy atom. The van der Waals surface area contributed by atoms with Gasteiger partial charge in [-0.05, 0) is 74.4 Å². The average Bonchev–Trinajstić information content (AvgIpc) is 3.44. The van der Waals surface area contributed by atoms with Crippen LogP contribution < -0.4 is 10.2 Å². The maximum Gasteiger partial charge on any atom is 0.277 e. The Morgan fingerprint density at radius 1 is 1.06 bits per heavy atom. The second-order valence-corrected chi connectivity index (χ2v) is 11.3. The highest BCUT2D eigenvalue weighted by Gasteiger charge is 2.49. The van der Waals surface area contributed by atoms with Crippen molar-refractivity contribution in [2.75, 3.05) is 4.90 Å². The van der Waals surface area contributed by atoms with Crippen LogP contribution in [0.15, 0.2) is 41.8 Å². The zero-order valence-corrected chi connectivity index (χ0v) is 21.7. The topological polar surface area (TPSA) is 67.2 Å². The number of amides is 2. The Morgan fingerprint density at radius 2 is 1.74 bits per heavy atom. The summed E-state index contributed by atoms with van der Waals surface area (Å²) in [5.74, 6) is -0.290. The van der Waals surface area contributed by atoms with Crippen LogP contribution in [0.4, 0.5) is 5.69 Å². The van der Waals surface area contributed by atoms with Crippen LogP contribution in [-0.4, -0.2) is 33.2 Å². The normalized spacial score (nSPS) is 21.3. The molecule has 35 heavy (non-hydrogen) atoms. The fourth-order valence-electron chi connectivity index (χ4n) is 5.55. The van der Waals surface area contributed by atoms with Gasteiger partial charge >= 0.3 is 0 Å². The van der Waals surface area contributed by atoms with Crippen molar-refractivity contribution in [3.8, 4) is 10.6 Å². The number of hydrogen-bond acceptors (Lipinski definition) is 4. The molecule has 1 aliphatic heterocycles. The van der Waals surface area contributed by atoms with E-state index < -0.39 is 5.54 Å². The van der Waals surface area contributed by atoms with Crippen LogP contribution in [0.5, 0.6) is 0 Å². The molecule has 0 radical (unpaired) electrons. The number of nitrogens with one attached hydrogen (secondary N) is 1. The molecule has 1 fully saturated rings. The van der Waals surface area contributed by atoms with Gasteiger partial charge in [0.2, 0.25) is 5.91 Å². The summed E-state index contributed by atoms with van der Waals surface area (Å²) in [5, 5.41) is 10.1. The molecule has 0 saturated heterocycles. The first-order chi connectivity index (χ1) is 16.8. The van der Waals surface area contributed by atoms with Crippen LogP contribution in [0.25, 0.3) is 10.6 Å². The van der Waals surface area contributed by atoms with Crippen molar-refractivity contribution in [2.45, 2.75) is 83.8 Å². The Bertz CT molecular complexity index is 1200. The van der Waals surface area contributed by atoms with E-state index in [1.165, 1.54) is 19.3 Å². The van der Waals surface area contributed by atoms with E-state index in [0.29, 0.717) is 12.2 Å². The molecule has 2 amide bonds. The van der Waals surface area contributed by atoms with Gasteiger partial charge < -0.3 is 5.32 Å². The lowest BCUT2D eigenvalue weighted by Gasteiger charge is -2.44. The predicted molar refractivity (Wildman–Crippen MR) is 141 cm³/mol. The number of carbonyl (C=O) groups is 2. The van der Waals surface area contributed by atoms with E-state index in [-0.39, 0.29) is 17.9 Å². The van der Waals surface area contributed by atoms with Crippen molar-refractivity contribution in [3.63, 3.8) is 0 Å². The van der Waals surface area contributed by atoms with Gasteiger partial charge in [-0.1, -0.05) is 44.2 Å². The summed E-state index contributed by atoms with van der Waals surface area (Å²) < 4.78 is 1.73. The summed E-state index contributed by atoms with van der Waals surface area (Å²) in [7, 11) is 0. The zero-order chi connectivity index (χ0) is 24.6. The fourth-order valence-corrected chi connectivity index (χ4v) is 6.23. The van der Waals surface area contributed by atoms with Gasteiger partial charge in [-0.2, -0.15) is 5.10 Å². The van der Waals surface area contributed by atoms with Crippen molar-refractivity contribution >= 4 is 28.8 Å². The van der Waals surface area contributed by atoms with Crippen LogP contribution >= 0.6 is 11.3 Å². The molecular formula is C28H34N4O2S. The van der Waals surface area contributed by atoms with Crippen LogP contribution in [-0.2, 0) is 11.3 Å². The van der Waals surface area contributed by atoms with Crippen LogP contribution in [0.3, 0.4) is 0 Å². The number of anilines is 1. The molecule has 0 spiro atoms. The number of carbonyl (C=O) groups excluding carboxylic acids is 2. The van der Waals surface area contributed by atoms with E-state index in [2.05, 4.69) is 11.4 Å². The highest BCUT2D eigenvalue weighted by Crippen LogP contribution is 2.36. The maximum absolute atomic E-state index is 14.0. The molecule has 3 aromatic rings. The standard InChI is InChI=1S/C28H34N4O2S/c1-19-14-20(2)16-22(15-19)32-26(33)24-17-23(25-12-9-13-35-25)30-31(24)18-28(32,3)27(34)29-21-10-7-5-4-6-8-11-21/h9,12-17,21H,4-8,10-11,18H2,1-3H3,(H,29,34)/t28-/m0/s1. The molecule has 1 aliphatic carbocycles. The Balaban J connectivity index is 1.54. The number of thiophene rings is 1. The second kappa shape index (κ2) is 9.61. The molecular weight excluding hydrogens is 456 g/mol. The van der Waals surface area contributed by atoms with Gasteiger partial charge in [-0.3, -0.25) is 19.2 Å². The molecule has 1 atom stereocenters. The quantitative estimate of drug-likeness (QED) is 0.497. The Hall–Kier alpha value is -2.93. The molecule has 0 unspecified atom stereocenters. The van der Waals surface area contributed by atoms with E-state index >= 15 is 0 Å². The lowest BCUT2D eigenvalue weighted by Crippen LogP contribution is -2.65. The summed E-state index contributed by atoms with van der Waals surface area (Å²) in [4.78, 5) is 30.7. The molecule has 6 nitrogen and oxygen atoms in total. The molecule has 1 saturated carbocycles. The van der Waals surface area contributed by atoms with Crippen LogP contribution in [0.2, 0.25) is 0 Å². The summed E-state index contributed by atoms with van der Waals surface area (Å²) in [6, 6.07) is 12.1. The molecule has 3 heterocycles. The van der Waals surface area contributed by atoms with Gasteiger partial charge in [0, 0.05) is 11.7 Å². The highest BCUT2D eigenvalue weighted by atomic mass is 32.1. The maximum atomic E-state index is 14.0.